The highest BCUT2D eigenvalue weighted by Gasteiger charge is 2.37. The summed E-state index contributed by atoms with van der Waals surface area (Å²) in [5.41, 5.74) is 1.92. The second kappa shape index (κ2) is 10.9. The average molecular weight is 514 g/mol. The van der Waals surface area contributed by atoms with E-state index in [0.717, 1.165) is 33.0 Å². The number of carbonyl (C=O) groups is 3. The van der Waals surface area contributed by atoms with Gasteiger partial charge in [0.2, 0.25) is 5.91 Å². The topological polar surface area (TPSA) is 99.9 Å². The predicted molar refractivity (Wildman–Crippen MR) is 140 cm³/mol. The van der Waals surface area contributed by atoms with Crippen LogP contribution in [0.1, 0.15) is 16.7 Å². The van der Waals surface area contributed by atoms with Crippen LogP contribution < -0.4 is 4.74 Å². The maximum absolute atomic E-state index is 13.2. The number of amides is 3. The zero-order chi connectivity index (χ0) is 25.8. The molecular formula is C28H23N3O5S. The van der Waals surface area contributed by atoms with Crippen LogP contribution >= 0.6 is 11.8 Å². The molecule has 0 N–H and O–H groups in total. The molecule has 2 fully saturated rings. The summed E-state index contributed by atoms with van der Waals surface area (Å²) >= 11 is 0.808. The van der Waals surface area contributed by atoms with Crippen molar-refractivity contribution in [3.8, 4) is 11.8 Å². The van der Waals surface area contributed by atoms with Gasteiger partial charge in [0, 0.05) is 24.2 Å². The van der Waals surface area contributed by atoms with Gasteiger partial charge >= 0.3 is 0 Å². The van der Waals surface area contributed by atoms with Crippen molar-refractivity contribution in [2.45, 2.75) is 6.61 Å². The van der Waals surface area contributed by atoms with E-state index in [1.54, 1.807) is 23.1 Å². The van der Waals surface area contributed by atoms with Gasteiger partial charge in [-0.2, -0.15) is 5.26 Å². The fourth-order valence-electron chi connectivity index (χ4n) is 4.28. The smallest absolute Gasteiger partial charge is 0.294 e. The Hall–Kier alpha value is -4.13. The molecule has 2 heterocycles. The molecule has 0 aliphatic carbocycles. The molecular weight excluding hydrogens is 490 g/mol. The monoisotopic (exact) mass is 513 g/mol. The summed E-state index contributed by atoms with van der Waals surface area (Å²) in [5.74, 6) is -0.273. The van der Waals surface area contributed by atoms with Crippen LogP contribution in [0.15, 0.2) is 65.6 Å². The van der Waals surface area contributed by atoms with Crippen molar-refractivity contribution >= 4 is 45.7 Å². The Morgan fingerprint density at radius 3 is 2.62 bits per heavy atom. The normalized spacial score (nSPS) is 16.9. The molecule has 186 valence electrons. The Labute approximate surface area is 218 Å². The second-order valence-corrected chi connectivity index (χ2v) is 9.51. The number of hydrogen-bond donors (Lipinski definition) is 0. The Kier molecular flexibility index (Phi) is 7.21. The lowest BCUT2D eigenvalue weighted by Gasteiger charge is -2.28. The lowest BCUT2D eigenvalue weighted by atomic mass is 10.0. The van der Waals surface area contributed by atoms with E-state index >= 15 is 0 Å². The first-order valence-electron chi connectivity index (χ1n) is 11.8. The molecule has 0 spiro atoms. The van der Waals surface area contributed by atoms with Gasteiger partial charge in [0.1, 0.15) is 18.9 Å². The van der Waals surface area contributed by atoms with Crippen LogP contribution in [0.25, 0.3) is 16.8 Å². The fourth-order valence-corrected chi connectivity index (χ4v) is 5.10. The largest absolute Gasteiger partial charge is 0.488 e. The van der Waals surface area contributed by atoms with E-state index in [4.69, 9.17) is 9.47 Å². The van der Waals surface area contributed by atoms with Crippen molar-refractivity contribution in [1.82, 2.24) is 9.80 Å². The number of hydrogen-bond acceptors (Lipinski definition) is 7. The van der Waals surface area contributed by atoms with E-state index in [9.17, 15) is 19.6 Å². The number of morpholine rings is 1. The van der Waals surface area contributed by atoms with Gasteiger partial charge in [-0.15, -0.1) is 0 Å². The first-order chi connectivity index (χ1) is 18.0. The summed E-state index contributed by atoms with van der Waals surface area (Å²) in [5, 5.41) is 10.7. The Morgan fingerprint density at radius 2 is 1.81 bits per heavy atom. The maximum Gasteiger partial charge on any atom is 0.294 e. The maximum atomic E-state index is 13.2. The molecule has 2 aliphatic rings. The highest BCUT2D eigenvalue weighted by Crippen LogP contribution is 2.37. The number of benzene rings is 3. The molecule has 0 bridgehead atoms. The van der Waals surface area contributed by atoms with Gasteiger partial charge in [-0.05, 0) is 40.7 Å². The Morgan fingerprint density at radius 1 is 1.05 bits per heavy atom. The molecule has 5 rings (SSSR count). The van der Waals surface area contributed by atoms with E-state index in [2.05, 4.69) is 6.07 Å². The van der Waals surface area contributed by atoms with Crippen molar-refractivity contribution in [3.63, 3.8) is 0 Å². The molecule has 3 aromatic rings. The van der Waals surface area contributed by atoms with Crippen LogP contribution in [0, 0.1) is 11.3 Å². The number of rotatable bonds is 6. The minimum absolute atomic E-state index is 0.165. The van der Waals surface area contributed by atoms with Crippen molar-refractivity contribution < 1.29 is 23.9 Å². The molecule has 2 aliphatic heterocycles. The van der Waals surface area contributed by atoms with E-state index in [-0.39, 0.29) is 24.0 Å². The number of nitrogens with zero attached hydrogens (tertiary/aromatic N) is 3. The summed E-state index contributed by atoms with van der Waals surface area (Å²) in [6.07, 6.45) is 1.65. The predicted octanol–water partition coefficient (Wildman–Crippen LogP) is 4.19. The van der Waals surface area contributed by atoms with Gasteiger partial charge in [-0.3, -0.25) is 19.3 Å². The highest BCUT2D eigenvalue weighted by atomic mass is 32.2. The SMILES string of the molecule is N#Cc1ccccc1COc1ccc2ccccc2c1/C=C1/SC(=O)N(CC(=O)N2CCOCC2)C1=O. The molecule has 3 amide bonds. The van der Waals surface area contributed by atoms with Crippen LogP contribution in [0.5, 0.6) is 5.75 Å². The van der Waals surface area contributed by atoms with Crippen LogP contribution in [-0.2, 0) is 20.9 Å². The van der Waals surface area contributed by atoms with Crippen molar-refractivity contribution in [3.05, 3.63) is 82.3 Å². The van der Waals surface area contributed by atoms with Crippen molar-refractivity contribution in [2.75, 3.05) is 32.8 Å². The number of thioether (sulfide) groups is 1. The molecule has 37 heavy (non-hydrogen) atoms. The van der Waals surface area contributed by atoms with Crippen molar-refractivity contribution in [2.24, 2.45) is 0 Å². The number of imide groups is 1. The third-order valence-corrected chi connectivity index (χ3v) is 7.17. The zero-order valence-corrected chi connectivity index (χ0v) is 20.7. The quantitative estimate of drug-likeness (QED) is 0.456. The lowest BCUT2D eigenvalue weighted by molar-refractivity contribution is -0.139. The molecule has 0 aromatic heterocycles. The molecule has 0 saturated carbocycles. The molecule has 9 heteroatoms. The molecule has 0 atom stereocenters. The van der Waals surface area contributed by atoms with E-state index in [0.29, 0.717) is 43.2 Å². The third kappa shape index (κ3) is 5.21. The van der Waals surface area contributed by atoms with Gasteiger partial charge in [-0.1, -0.05) is 48.5 Å². The molecule has 0 unspecified atom stereocenters. The van der Waals surface area contributed by atoms with Crippen LogP contribution in [-0.4, -0.2) is 59.7 Å². The average Bonchev–Trinajstić information content (AvgIpc) is 3.20. The fraction of sp³-hybridized carbons (Fsp3) is 0.214. The summed E-state index contributed by atoms with van der Waals surface area (Å²) in [4.78, 5) is 41.4. The van der Waals surface area contributed by atoms with Crippen LogP contribution in [0.3, 0.4) is 0 Å². The zero-order valence-electron chi connectivity index (χ0n) is 19.9. The summed E-state index contributed by atoms with van der Waals surface area (Å²) in [6.45, 7) is 1.63. The van der Waals surface area contributed by atoms with Gasteiger partial charge < -0.3 is 14.4 Å². The molecule has 2 saturated heterocycles. The van der Waals surface area contributed by atoms with E-state index in [1.807, 2.05) is 48.5 Å². The molecule has 8 nitrogen and oxygen atoms in total. The second-order valence-electron chi connectivity index (χ2n) is 8.52. The number of carbonyl (C=O) groups excluding carboxylic acids is 3. The summed E-state index contributed by atoms with van der Waals surface area (Å²) < 4.78 is 11.4. The minimum atomic E-state index is -0.509. The number of ether oxygens (including phenoxy) is 2. The van der Waals surface area contributed by atoms with Gasteiger partial charge in [0.15, 0.2) is 0 Å². The first-order valence-corrected chi connectivity index (χ1v) is 12.6. The highest BCUT2D eigenvalue weighted by molar-refractivity contribution is 8.18. The third-order valence-electron chi connectivity index (χ3n) is 6.26. The van der Waals surface area contributed by atoms with Crippen LogP contribution in [0.4, 0.5) is 4.79 Å². The Balaban J connectivity index is 1.43. The Bertz CT molecular complexity index is 1460. The number of fused-ring (bicyclic) bond motifs is 1. The van der Waals surface area contributed by atoms with E-state index in [1.165, 1.54) is 0 Å². The lowest BCUT2D eigenvalue weighted by Crippen LogP contribution is -2.46. The molecule has 3 aromatic carbocycles. The number of nitriles is 1. The van der Waals surface area contributed by atoms with Gasteiger partial charge in [-0.25, -0.2) is 0 Å². The summed E-state index contributed by atoms with van der Waals surface area (Å²) in [6, 6.07) is 20.8. The first kappa shape index (κ1) is 24.6. The summed E-state index contributed by atoms with van der Waals surface area (Å²) in [7, 11) is 0. The van der Waals surface area contributed by atoms with E-state index < -0.39 is 11.1 Å². The minimum Gasteiger partial charge on any atom is -0.488 e. The van der Waals surface area contributed by atoms with Crippen LogP contribution in [0.2, 0.25) is 0 Å². The molecule has 0 radical (unpaired) electrons. The van der Waals surface area contributed by atoms with Gasteiger partial charge in [0.05, 0.1) is 29.8 Å². The van der Waals surface area contributed by atoms with Gasteiger partial charge in [0.25, 0.3) is 11.1 Å². The van der Waals surface area contributed by atoms with Crippen molar-refractivity contribution in [1.29, 1.82) is 5.26 Å². The standard InChI is InChI=1S/C28H23N3O5S/c29-16-20-6-1-2-7-21(20)18-36-24-10-9-19-5-3-4-8-22(19)23(24)15-25-27(33)31(28(34)37-25)17-26(32)30-11-13-35-14-12-30/h1-10,15H,11-14,17-18H2/b25-15+.